The average molecular weight is 445 g/mol. The van der Waals surface area contributed by atoms with Crippen molar-refractivity contribution < 1.29 is 9.90 Å². The van der Waals surface area contributed by atoms with Crippen molar-refractivity contribution >= 4 is 11.6 Å². The molecule has 0 aliphatic carbocycles. The van der Waals surface area contributed by atoms with Crippen LogP contribution in [0.4, 0.5) is 5.69 Å². The number of nitrogens with zero attached hydrogens (tertiary/aromatic N) is 1. The van der Waals surface area contributed by atoms with E-state index >= 15 is 0 Å². The Morgan fingerprint density at radius 1 is 0.939 bits per heavy atom. The van der Waals surface area contributed by atoms with Crippen molar-refractivity contribution in [2.45, 2.75) is 52.7 Å². The van der Waals surface area contributed by atoms with Gasteiger partial charge in [-0.05, 0) is 68.0 Å². The van der Waals surface area contributed by atoms with E-state index in [1.165, 1.54) is 16.7 Å². The Labute approximate surface area is 198 Å². The molecular formula is C29H36N2O2. The molecule has 2 atom stereocenters. The van der Waals surface area contributed by atoms with E-state index in [2.05, 4.69) is 62.5 Å². The molecule has 0 radical (unpaired) electrons. The second-order valence-corrected chi connectivity index (χ2v) is 8.81. The number of carbonyl (C=O) groups excluding carboxylic acids is 1. The fourth-order valence-electron chi connectivity index (χ4n) is 3.80. The van der Waals surface area contributed by atoms with Gasteiger partial charge in [-0.15, -0.1) is 0 Å². The Hall–Kier alpha value is -2.95. The number of benzene rings is 3. The number of anilines is 1. The fraction of sp³-hybridized carbons (Fsp3) is 0.345. The van der Waals surface area contributed by atoms with Gasteiger partial charge in [-0.2, -0.15) is 0 Å². The summed E-state index contributed by atoms with van der Waals surface area (Å²) in [5, 5.41) is 13.5. The first-order valence-electron chi connectivity index (χ1n) is 11.8. The highest BCUT2D eigenvalue weighted by molar-refractivity contribution is 5.98. The fourth-order valence-corrected chi connectivity index (χ4v) is 3.80. The first-order valence-corrected chi connectivity index (χ1v) is 11.8. The number of amides is 1. The molecule has 4 nitrogen and oxygen atoms in total. The van der Waals surface area contributed by atoms with E-state index in [4.69, 9.17) is 0 Å². The first kappa shape index (κ1) is 24.7. The molecule has 3 aromatic rings. The number of hydrogen-bond donors (Lipinski definition) is 2. The van der Waals surface area contributed by atoms with Gasteiger partial charge in [-0.25, -0.2) is 0 Å². The van der Waals surface area contributed by atoms with Crippen LogP contribution < -0.4 is 10.2 Å². The predicted octanol–water partition coefficient (Wildman–Crippen LogP) is 5.29. The van der Waals surface area contributed by atoms with E-state index in [0.29, 0.717) is 19.5 Å². The molecular weight excluding hydrogens is 408 g/mol. The molecule has 4 heteroatoms. The lowest BCUT2D eigenvalue weighted by molar-refractivity contribution is -0.120. The van der Waals surface area contributed by atoms with E-state index in [1.807, 2.05) is 48.2 Å². The van der Waals surface area contributed by atoms with E-state index in [-0.39, 0.29) is 5.91 Å². The minimum absolute atomic E-state index is 0.0140. The zero-order valence-corrected chi connectivity index (χ0v) is 20.2. The van der Waals surface area contributed by atoms with Crippen molar-refractivity contribution in [2.75, 3.05) is 18.0 Å². The van der Waals surface area contributed by atoms with Crippen molar-refractivity contribution in [2.24, 2.45) is 0 Å². The Bertz CT molecular complexity index is 1030. The molecule has 2 unspecified atom stereocenters. The van der Waals surface area contributed by atoms with Gasteiger partial charge in [0.25, 0.3) is 0 Å². The molecule has 0 fully saturated rings. The number of nitrogens with one attached hydrogen (secondary N) is 1. The zero-order valence-electron chi connectivity index (χ0n) is 20.2. The second-order valence-electron chi connectivity index (χ2n) is 8.81. The Kier molecular flexibility index (Phi) is 8.81. The molecule has 0 saturated carbocycles. The van der Waals surface area contributed by atoms with Crippen molar-refractivity contribution in [3.8, 4) is 0 Å². The molecule has 0 aromatic heterocycles. The SMILES string of the molecule is CCC(O)CNC(C(=O)N(CCc1ccc(C)cc1)c1ccc(C)c(C)c1)c1ccccc1. The summed E-state index contributed by atoms with van der Waals surface area (Å²) in [7, 11) is 0. The predicted molar refractivity (Wildman–Crippen MR) is 137 cm³/mol. The second kappa shape index (κ2) is 11.8. The molecule has 1 amide bonds. The van der Waals surface area contributed by atoms with Gasteiger partial charge in [0.2, 0.25) is 5.91 Å². The number of rotatable bonds is 10. The van der Waals surface area contributed by atoms with Gasteiger partial charge in [0.1, 0.15) is 6.04 Å². The lowest BCUT2D eigenvalue weighted by Gasteiger charge is -2.29. The van der Waals surface area contributed by atoms with E-state index in [1.54, 1.807) is 0 Å². The smallest absolute Gasteiger partial charge is 0.248 e. The van der Waals surface area contributed by atoms with Crippen LogP contribution in [-0.2, 0) is 11.2 Å². The van der Waals surface area contributed by atoms with Gasteiger partial charge in [0.05, 0.1) is 6.10 Å². The molecule has 174 valence electrons. The van der Waals surface area contributed by atoms with Crippen LogP contribution in [0.2, 0.25) is 0 Å². The van der Waals surface area contributed by atoms with Crippen molar-refractivity contribution in [3.05, 3.63) is 101 Å². The molecule has 3 aromatic carbocycles. The summed E-state index contributed by atoms with van der Waals surface area (Å²) in [6.45, 7) is 9.11. The third-order valence-corrected chi connectivity index (χ3v) is 6.22. The Morgan fingerprint density at radius 2 is 1.64 bits per heavy atom. The standard InChI is InChI=1S/C29H36N2O2/c1-5-27(32)20-30-28(25-9-7-6-8-10-25)29(33)31(26-16-13-22(3)23(4)19-26)18-17-24-14-11-21(2)12-15-24/h6-16,19,27-28,30,32H,5,17-18,20H2,1-4H3. The zero-order chi connectivity index (χ0) is 23.8. The summed E-state index contributed by atoms with van der Waals surface area (Å²) >= 11 is 0. The monoisotopic (exact) mass is 444 g/mol. The third kappa shape index (κ3) is 6.77. The van der Waals surface area contributed by atoms with Gasteiger partial charge < -0.3 is 10.0 Å². The lowest BCUT2D eigenvalue weighted by atomic mass is 10.0. The van der Waals surface area contributed by atoms with Crippen molar-refractivity contribution in [3.63, 3.8) is 0 Å². The summed E-state index contributed by atoms with van der Waals surface area (Å²) in [4.78, 5) is 15.9. The largest absolute Gasteiger partial charge is 0.392 e. The number of aliphatic hydroxyl groups is 1. The van der Waals surface area contributed by atoms with Crippen molar-refractivity contribution in [1.82, 2.24) is 5.32 Å². The third-order valence-electron chi connectivity index (χ3n) is 6.22. The average Bonchev–Trinajstić information content (AvgIpc) is 2.83. The topological polar surface area (TPSA) is 52.6 Å². The lowest BCUT2D eigenvalue weighted by Crippen LogP contribution is -2.44. The number of hydrogen-bond acceptors (Lipinski definition) is 3. The van der Waals surface area contributed by atoms with Gasteiger partial charge in [-0.3, -0.25) is 10.1 Å². The van der Waals surface area contributed by atoms with Crippen molar-refractivity contribution in [1.29, 1.82) is 0 Å². The molecule has 3 rings (SSSR count). The maximum atomic E-state index is 14.0. The normalized spacial score (nSPS) is 12.9. The Balaban J connectivity index is 1.93. The van der Waals surface area contributed by atoms with Gasteiger partial charge in [0, 0.05) is 18.8 Å². The van der Waals surface area contributed by atoms with Gasteiger partial charge in [-0.1, -0.05) is 73.2 Å². The summed E-state index contributed by atoms with van der Waals surface area (Å²) in [6.07, 6.45) is 0.904. The van der Waals surface area contributed by atoms with E-state index in [0.717, 1.165) is 23.2 Å². The van der Waals surface area contributed by atoms with Crippen LogP contribution in [0.1, 0.15) is 47.2 Å². The molecule has 0 saturated heterocycles. The highest BCUT2D eigenvalue weighted by atomic mass is 16.3. The quantitative estimate of drug-likeness (QED) is 0.447. The molecule has 0 bridgehead atoms. The highest BCUT2D eigenvalue weighted by Gasteiger charge is 2.27. The maximum absolute atomic E-state index is 14.0. The van der Waals surface area contributed by atoms with Gasteiger partial charge >= 0.3 is 0 Å². The van der Waals surface area contributed by atoms with E-state index in [9.17, 15) is 9.90 Å². The van der Waals surface area contributed by atoms with Crippen LogP contribution in [0, 0.1) is 20.8 Å². The maximum Gasteiger partial charge on any atom is 0.248 e. The molecule has 33 heavy (non-hydrogen) atoms. The van der Waals surface area contributed by atoms with Crippen LogP contribution in [0.3, 0.4) is 0 Å². The van der Waals surface area contributed by atoms with Crippen LogP contribution in [-0.4, -0.2) is 30.2 Å². The summed E-state index contributed by atoms with van der Waals surface area (Å²) < 4.78 is 0. The molecule has 0 spiro atoms. The molecule has 0 aliphatic heterocycles. The molecule has 2 N–H and O–H groups in total. The first-order chi connectivity index (χ1) is 15.9. The van der Waals surface area contributed by atoms with Gasteiger partial charge in [0.15, 0.2) is 0 Å². The number of aliphatic hydroxyl groups excluding tert-OH is 1. The minimum Gasteiger partial charge on any atom is -0.392 e. The summed E-state index contributed by atoms with van der Waals surface area (Å²) in [5.74, 6) is -0.0140. The van der Waals surface area contributed by atoms with Crippen LogP contribution >= 0.6 is 0 Å². The van der Waals surface area contributed by atoms with Crippen LogP contribution in [0.25, 0.3) is 0 Å². The highest BCUT2D eigenvalue weighted by Crippen LogP contribution is 2.24. The Morgan fingerprint density at radius 3 is 2.27 bits per heavy atom. The molecule has 0 aliphatic rings. The number of aryl methyl sites for hydroxylation is 3. The van der Waals surface area contributed by atoms with E-state index < -0.39 is 12.1 Å². The summed E-state index contributed by atoms with van der Waals surface area (Å²) in [6, 6.07) is 23.9. The number of carbonyl (C=O) groups is 1. The minimum atomic E-state index is -0.535. The van der Waals surface area contributed by atoms with Crippen LogP contribution in [0.15, 0.2) is 72.8 Å². The molecule has 0 heterocycles. The van der Waals surface area contributed by atoms with Crippen LogP contribution in [0.5, 0.6) is 0 Å². The summed E-state index contributed by atoms with van der Waals surface area (Å²) in [5.41, 5.74) is 6.58.